The number of pyridine rings is 1. The van der Waals surface area contributed by atoms with Crippen LogP contribution in [0.4, 0.5) is 0 Å². The summed E-state index contributed by atoms with van der Waals surface area (Å²) in [6.07, 6.45) is 0.523. The fraction of sp³-hybridized carbons (Fsp3) is 0.167. The molecule has 25 heavy (non-hydrogen) atoms. The predicted molar refractivity (Wildman–Crippen MR) is 95.8 cm³/mol. The lowest BCUT2D eigenvalue weighted by molar-refractivity contribution is 0.156. The van der Waals surface area contributed by atoms with Gasteiger partial charge in [0.25, 0.3) is 5.56 Å². The number of hydrogen-bond donors (Lipinski definition) is 2. The molecule has 1 aromatic heterocycles. The highest BCUT2D eigenvalue weighted by Gasteiger charge is 2.18. The molecule has 2 aromatic carbocycles. The van der Waals surface area contributed by atoms with E-state index in [1.165, 1.54) is 16.7 Å². The van der Waals surface area contributed by atoms with Crippen LogP contribution in [0.15, 0.2) is 76.6 Å². The molecule has 0 bridgehead atoms. The molecular formula is C18H18N2O4S. The lowest BCUT2D eigenvalue weighted by atomic mass is 10.1. The first kappa shape index (κ1) is 17.3. The first-order chi connectivity index (χ1) is 12.0. The van der Waals surface area contributed by atoms with Crippen molar-refractivity contribution in [3.05, 3.63) is 77.2 Å². The van der Waals surface area contributed by atoms with Gasteiger partial charge in [0, 0.05) is 24.2 Å². The van der Waals surface area contributed by atoms with Crippen LogP contribution in [-0.4, -0.2) is 30.7 Å². The van der Waals surface area contributed by atoms with Crippen molar-refractivity contribution in [2.24, 2.45) is 0 Å². The Bertz CT molecular complexity index is 1040. The highest BCUT2D eigenvalue weighted by Crippen LogP contribution is 2.22. The third-order valence-electron chi connectivity index (χ3n) is 3.85. The molecule has 0 radical (unpaired) electrons. The van der Waals surface area contributed by atoms with Crippen LogP contribution in [0.2, 0.25) is 0 Å². The van der Waals surface area contributed by atoms with Gasteiger partial charge in [0.05, 0.1) is 17.5 Å². The summed E-state index contributed by atoms with van der Waals surface area (Å²) in [5, 5.41) is 11.5. The van der Waals surface area contributed by atoms with E-state index in [0.717, 1.165) is 5.39 Å². The van der Waals surface area contributed by atoms with Gasteiger partial charge in [-0.1, -0.05) is 42.5 Å². The van der Waals surface area contributed by atoms with Gasteiger partial charge in [0.15, 0.2) is 0 Å². The van der Waals surface area contributed by atoms with E-state index in [0.29, 0.717) is 5.39 Å². The summed E-state index contributed by atoms with van der Waals surface area (Å²) in [4.78, 5) is 11.8. The van der Waals surface area contributed by atoms with Gasteiger partial charge >= 0.3 is 0 Å². The van der Waals surface area contributed by atoms with E-state index in [4.69, 9.17) is 0 Å². The third kappa shape index (κ3) is 3.96. The number of rotatable bonds is 6. The normalized spacial score (nSPS) is 13.0. The van der Waals surface area contributed by atoms with Crippen LogP contribution in [0.5, 0.6) is 0 Å². The topological polar surface area (TPSA) is 88.4 Å². The largest absolute Gasteiger partial charge is 0.390 e. The molecule has 130 valence electrons. The van der Waals surface area contributed by atoms with Crippen molar-refractivity contribution in [1.82, 2.24) is 9.29 Å². The zero-order valence-corrected chi connectivity index (χ0v) is 14.2. The Labute approximate surface area is 145 Å². The van der Waals surface area contributed by atoms with Crippen molar-refractivity contribution in [2.75, 3.05) is 6.54 Å². The molecule has 0 amide bonds. The molecule has 6 nitrogen and oxygen atoms in total. The van der Waals surface area contributed by atoms with E-state index in [-0.39, 0.29) is 23.5 Å². The maximum atomic E-state index is 12.6. The van der Waals surface area contributed by atoms with Gasteiger partial charge in [-0.2, -0.15) is 0 Å². The third-order valence-corrected chi connectivity index (χ3v) is 5.34. The van der Waals surface area contributed by atoms with Crippen LogP contribution in [-0.2, 0) is 16.6 Å². The van der Waals surface area contributed by atoms with E-state index in [1.54, 1.807) is 36.5 Å². The van der Waals surface area contributed by atoms with Gasteiger partial charge in [-0.05, 0) is 17.5 Å². The smallest absolute Gasteiger partial charge is 0.250 e. The summed E-state index contributed by atoms with van der Waals surface area (Å²) >= 11 is 0. The lowest BCUT2D eigenvalue weighted by Crippen LogP contribution is -2.36. The number of aromatic nitrogens is 1. The molecule has 7 heteroatoms. The molecule has 0 fully saturated rings. The Kier molecular flexibility index (Phi) is 4.98. The quantitative estimate of drug-likeness (QED) is 0.696. The fourth-order valence-electron chi connectivity index (χ4n) is 2.62. The second kappa shape index (κ2) is 7.18. The average molecular weight is 358 g/mol. The Morgan fingerprint density at radius 3 is 2.52 bits per heavy atom. The van der Waals surface area contributed by atoms with E-state index < -0.39 is 16.1 Å². The van der Waals surface area contributed by atoms with Gasteiger partial charge in [-0.3, -0.25) is 4.79 Å². The fourth-order valence-corrected chi connectivity index (χ4v) is 3.92. The second-order valence-electron chi connectivity index (χ2n) is 5.67. The maximum Gasteiger partial charge on any atom is 0.250 e. The molecule has 2 N–H and O–H groups in total. The van der Waals surface area contributed by atoms with Crippen LogP contribution in [0.25, 0.3) is 10.8 Å². The predicted octanol–water partition coefficient (Wildman–Crippen LogP) is 1.34. The van der Waals surface area contributed by atoms with Crippen LogP contribution < -0.4 is 10.3 Å². The van der Waals surface area contributed by atoms with Crippen LogP contribution >= 0.6 is 0 Å². The summed E-state index contributed by atoms with van der Waals surface area (Å²) in [5.74, 6) is 0. The number of nitrogens with zero attached hydrogens (tertiary/aromatic N) is 1. The number of nitrogens with one attached hydrogen (secondary N) is 1. The molecule has 0 aliphatic carbocycles. The summed E-state index contributed by atoms with van der Waals surface area (Å²) < 4.78 is 28.9. The van der Waals surface area contributed by atoms with E-state index >= 15 is 0 Å². The monoisotopic (exact) mass is 358 g/mol. The van der Waals surface area contributed by atoms with Gasteiger partial charge in [0.1, 0.15) is 0 Å². The second-order valence-corrected chi connectivity index (χ2v) is 7.41. The highest BCUT2D eigenvalue weighted by atomic mass is 32.2. The molecule has 1 atom stereocenters. The lowest BCUT2D eigenvalue weighted by Gasteiger charge is -2.14. The number of aliphatic hydroxyl groups is 1. The van der Waals surface area contributed by atoms with Gasteiger partial charge in [-0.15, -0.1) is 0 Å². The SMILES string of the molecule is O=c1ccccn1CC(O)CNS(=O)(=O)c1cccc2ccccc12. The standard InChI is InChI=1S/C18H18N2O4S/c21-15(13-20-11-4-3-10-18(20)22)12-19-25(23,24)17-9-5-7-14-6-1-2-8-16(14)17/h1-11,15,19,21H,12-13H2. The van der Waals surface area contributed by atoms with Crippen LogP contribution in [0.1, 0.15) is 0 Å². The van der Waals surface area contributed by atoms with E-state index in [1.807, 2.05) is 18.2 Å². The van der Waals surface area contributed by atoms with Crippen molar-refractivity contribution in [3.63, 3.8) is 0 Å². The van der Waals surface area contributed by atoms with Crippen molar-refractivity contribution in [2.45, 2.75) is 17.5 Å². The first-order valence-corrected chi connectivity index (χ1v) is 9.27. The summed E-state index contributed by atoms with van der Waals surface area (Å²) in [6.45, 7) is -0.176. The Morgan fingerprint density at radius 2 is 1.72 bits per heavy atom. The molecule has 0 saturated carbocycles. The molecular weight excluding hydrogens is 340 g/mol. The van der Waals surface area contributed by atoms with Crippen molar-refractivity contribution in [1.29, 1.82) is 0 Å². The van der Waals surface area contributed by atoms with Gasteiger partial charge in [0.2, 0.25) is 10.0 Å². The minimum absolute atomic E-state index is 0.0116. The van der Waals surface area contributed by atoms with Gasteiger partial charge in [-0.25, -0.2) is 13.1 Å². The summed E-state index contributed by atoms with van der Waals surface area (Å²) in [6, 6.07) is 16.9. The number of sulfonamides is 1. The molecule has 0 aliphatic rings. The molecule has 1 heterocycles. The first-order valence-electron chi connectivity index (χ1n) is 7.78. The number of benzene rings is 2. The molecule has 0 aliphatic heterocycles. The number of fused-ring (bicyclic) bond motifs is 1. The number of aliphatic hydroxyl groups excluding tert-OH is 1. The zero-order valence-electron chi connectivity index (χ0n) is 13.4. The van der Waals surface area contributed by atoms with Crippen LogP contribution in [0, 0.1) is 0 Å². The zero-order chi connectivity index (χ0) is 17.9. The highest BCUT2D eigenvalue weighted by molar-refractivity contribution is 7.89. The molecule has 3 rings (SSSR count). The van der Waals surface area contributed by atoms with Crippen molar-refractivity contribution in [3.8, 4) is 0 Å². The minimum atomic E-state index is -3.78. The van der Waals surface area contributed by atoms with E-state index in [2.05, 4.69) is 4.72 Å². The summed E-state index contributed by atoms with van der Waals surface area (Å²) in [5.41, 5.74) is -0.251. The summed E-state index contributed by atoms with van der Waals surface area (Å²) in [7, 11) is -3.78. The number of hydrogen-bond acceptors (Lipinski definition) is 4. The van der Waals surface area contributed by atoms with Gasteiger partial charge < -0.3 is 9.67 Å². The average Bonchev–Trinajstić information content (AvgIpc) is 2.61. The molecule has 0 spiro atoms. The Balaban J connectivity index is 1.75. The maximum absolute atomic E-state index is 12.6. The van der Waals surface area contributed by atoms with Crippen molar-refractivity contribution < 1.29 is 13.5 Å². The van der Waals surface area contributed by atoms with E-state index in [9.17, 15) is 18.3 Å². The Hall–Kier alpha value is -2.48. The molecule has 1 unspecified atom stereocenters. The Morgan fingerprint density at radius 1 is 1.00 bits per heavy atom. The molecule has 0 saturated heterocycles. The van der Waals surface area contributed by atoms with Crippen molar-refractivity contribution >= 4 is 20.8 Å². The van der Waals surface area contributed by atoms with Crippen LogP contribution in [0.3, 0.4) is 0 Å². The molecule has 3 aromatic rings. The minimum Gasteiger partial charge on any atom is -0.390 e.